The Bertz CT molecular complexity index is 885. The number of ether oxygens (including phenoxy) is 3. The molecule has 1 atom stereocenters. The fraction of sp³-hybridized carbons (Fsp3) is 0.942. The van der Waals surface area contributed by atoms with Gasteiger partial charge in [-0.25, -0.2) is 0 Å². The van der Waals surface area contributed by atoms with Gasteiger partial charge < -0.3 is 14.2 Å². The lowest BCUT2D eigenvalue weighted by Crippen LogP contribution is -2.30. The second-order valence-corrected chi connectivity index (χ2v) is 18.8. The fourth-order valence-electron chi connectivity index (χ4n) is 7.81. The Morgan fingerprint density at radius 3 is 0.845 bits per heavy atom. The van der Waals surface area contributed by atoms with Gasteiger partial charge in [-0.3, -0.25) is 14.4 Å². The van der Waals surface area contributed by atoms with Crippen LogP contribution in [0.3, 0.4) is 0 Å². The fourth-order valence-corrected chi connectivity index (χ4v) is 7.81. The third-order valence-corrected chi connectivity index (χ3v) is 11.7. The molecule has 0 unspecified atom stereocenters. The molecule has 0 aliphatic heterocycles. The van der Waals surface area contributed by atoms with Crippen LogP contribution in [0.25, 0.3) is 0 Å². The van der Waals surface area contributed by atoms with Gasteiger partial charge in [-0.1, -0.05) is 247 Å². The van der Waals surface area contributed by atoms with Crippen LogP contribution >= 0.6 is 0 Å². The Morgan fingerprint density at radius 2 is 0.569 bits per heavy atom. The van der Waals surface area contributed by atoms with Crippen LogP contribution < -0.4 is 0 Å². The molecule has 0 aliphatic rings. The number of carbonyl (C=O) groups excluding carboxylic acids is 3. The maximum Gasteiger partial charge on any atom is 0.306 e. The molecule has 344 valence electrons. The van der Waals surface area contributed by atoms with Gasteiger partial charge in [0.25, 0.3) is 0 Å². The van der Waals surface area contributed by atoms with Gasteiger partial charge in [0, 0.05) is 19.3 Å². The molecule has 6 heteroatoms. The molecule has 0 saturated heterocycles. The average molecular weight is 821 g/mol. The molecular weight excluding hydrogens is 721 g/mol. The summed E-state index contributed by atoms with van der Waals surface area (Å²) in [6, 6.07) is 0. The zero-order valence-electron chi connectivity index (χ0n) is 39.7. The lowest BCUT2D eigenvalue weighted by molar-refractivity contribution is -0.167. The lowest BCUT2D eigenvalue weighted by Gasteiger charge is -2.18. The van der Waals surface area contributed by atoms with Crippen molar-refractivity contribution in [2.24, 2.45) is 11.8 Å². The van der Waals surface area contributed by atoms with Crippen molar-refractivity contribution in [3.05, 3.63) is 0 Å². The highest BCUT2D eigenvalue weighted by Crippen LogP contribution is 2.17. The zero-order chi connectivity index (χ0) is 42.6. The van der Waals surface area contributed by atoms with Crippen LogP contribution in [0.2, 0.25) is 0 Å². The second-order valence-electron chi connectivity index (χ2n) is 18.8. The van der Waals surface area contributed by atoms with Crippen molar-refractivity contribution >= 4 is 17.9 Å². The van der Waals surface area contributed by atoms with Crippen LogP contribution in [0, 0.1) is 11.8 Å². The molecule has 0 aliphatic carbocycles. The summed E-state index contributed by atoms with van der Waals surface area (Å²) in [6.07, 6.45) is 45.2. The molecular formula is C52H100O6. The van der Waals surface area contributed by atoms with E-state index in [0.29, 0.717) is 19.3 Å². The first-order valence-electron chi connectivity index (χ1n) is 25.7. The number of rotatable bonds is 46. The maximum atomic E-state index is 12.7. The minimum atomic E-state index is -0.762. The van der Waals surface area contributed by atoms with E-state index in [1.54, 1.807) is 0 Å². The molecule has 0 bridgehead atoms. The van der Waals surface area contributed by atoms with Crippen molar-refractivity contribution in [2.45, 2.75) is 291 Å². The molecule has 0 spiro atoms. The summed E-state index contributed by atoms with van der Waals surface area (Å²) in [5.41, 5.74) is 0. The van der Waals surface area contributed by atoms with Crippen LogP contribution in [0.1, 0.15) is 285 Å². The summed E-state index contributed by atoms with van der Waals surface area (Å²) in [5.74, 6) is 0.761. The third-order valence-electron chi connectivity index (χ3n) is 11.7. The number of unbranched alkanes of at least 4 members (excludes halogenated alkanes) is 31. The van der Waals surface area contributed by atoms with E-state index in [4.69, 9.17) is 14.2 Å². The first kappa shape index (κ1) is 56.4. The van der Waals surface area contributed by atoms with Crippen molar-refractivity contribution < 1.29 is 28.6 Å². The molecule has 0 fully saturated rings. The molecule has 0 rings (SSSR count). The van der Waals surface area contributed by atoms with Gasteiger partial charge >= 0.3 is 17.9 Å². The van der Waals surface area contributed by atoms with E-state index >= 15 is 0 Å². The van der Waals surface area contributed by atoms with Crippen molar-refractivity contribution in [2.75, 3.05) is 13.2 Å². The van der Waals surface area contributed by atoms with Gasteiger partial charge in [0.15, 0.2) is 6.10 Å². The number of hydrogen-bond donors (Lipinski definition) is 0. The van der Waals surface area contributed by atoms with Crippen molar-refractivity contribution in [1.29, 1.82) is 0 Å². The van der Waals surface area contributed by atoms with E-state index < -0.39 is 6.10 Å². The first-order valence-corrected chi connectivity index (χ1v) is 25.7. The van der Waals surface area contributed by atoms with Crippen LogP contribution in [0.15, 0.2) is 0 Å². The second kappa shape index (κ2) is 44.9. The Hall–Kier alpha value is -1.59. The van der Waals surface area contributed by atoms with Crippen LogP contribution in [-0.2, 0) is 28.6 Å². The van der Waals surface area contributed by atoms with Gasteiger partial charge in [0.2, 0.25) is 0 Å². The Balaban J connectivity index is 4.29. The molecule has 0 amide bonds. The number of carbonyl (C=O) groups is 3. The zero-order valence-corrected chi connectivity index (χ0v) is 39.7. The topological polar surface area (TPSA) is 78.9 Å². The molecule has 0 radical (unpaired) electrons. The third kappa shape index (κ3) is 45.5. The summed E-state index contributed by atoms with van der Waals surface area (Å²) in [6.45, 7) is 11.3. The molecule has 0 aromatic carbocycles. The maximum absolute atomic E-state index is 12.7. The van der Waals surface area contributed by atoms with E-state index in [9.17, 15) is 14.4 Å². The smallest absolute Gasteiger partial charge is 0.306 e. The largest absolute Gasteiger partial charge is 0.462 e. The van der Waals surface area contributed by atoms with Gasteiger partial charge in [-0.2, -0.15) is 0 Å². The minimum Gasteiger partial charge on any atom is -0.462 e. The summed E-state index contributed by atoms with van der Waals surface area (Å²) in [5, 5.41) is 0. The van der Waals surface area contributed by atoms with Crippen LogP contribution in [0.4, 0.5) is 0 Å². The molecule has 0 N–H and O–H groups in total. The summed E-state index contributed by atoms with van der Waals surface area (Å²) < 4.78 is 16.8. The Kier molecular flexibility index (Phi) is 43.7. The highest BCUT2D eigenvalue weighted by Gasteiger charge is 2.19. The van der Waals surface area contributed by atoms with E-state index in [1.807, 2.05) is 0 Å². The molecule has 58 heavy (non-hydrogen) atoms. The van der Waals surface area contributed by atoms with Crippen molar-refractivity contribution in [3.8, 4) is 0 Å². The van der Waals surface area contributed by atoms with E-state index in [2.05, 4.69) is 34.6 Å². The molecule has 6 nitrogen and oxygen atoms in total. The Labute approximate surface area is 361 Å². The van der Waals surface area contributed by atoms with Gasteiger partial charge in [-0.15, -0.1) is 0 Å². The predicted octanol–water partition coefficient (Wildman–Crippen LogP) is 16.5. The van der Waals surface area contributed by atoms with Gasteiger partial charge in [0.05, 0.1) is 0 Å². The summed E-state index contributed by atoms with van der Waals surface area (Å²) >= 11 is 0. The van der Waals surface area contributed by atoms with Crippen LogP contribution in [-0.4, -0.2) is 37.2 Å². The molecule has 0 heterocycles. The minimum absolute atomic E-state index is 0.0642. The first-order chi connectivity index (χ1) is 28.2. The quantitative estimate of drug-likeness (QED) is 0.0346. The van der Waals surface area contributed by atoms with Gasteiger partial charge in [-0.05, 0) is 31.1 Å². The number of esters is 3. The Morgan fingerprint density at radius 1 is 0.328 bits per heavy atom. The molecule has 0 aromatic heterocycles. The molecule has 0 aromatic rings. The standard InChI is InChI=1S/C52H100O6/c1-6-7-8-9-10-11-12-13-14-15-16-17-21-27-32-37-42-50(53)56-45-49(58-52(55)44-39-34-29-24-23-26-31-36-41-48(4)5)46-57-51(54)43-38-33-28-22-19-18-20-25-30-35-40-47(2)3/h47-49H,6-46H2,1-5H3/t49-/m1/s1. The van der Waals surface area contributed by atoms with Gasteiger partial charge in [0.1, 0.15) is 13.2 Å². The van der Waals surface area contributed by atoms with E-state index in [-0.39, 0.29) is 31.1 Å². The van der Waals surface area contributed by atoms with Crippen molar-refractivity contribution in [1.82, 2.24) is 0 Å². The highest BCUT2D eigenvalue weighted by atomic mass is 16.6. The summed E-state index contributed by atoms with van der Waals surface area (Å²) in [4.78, 5) is 37.9. The molecule has 0 saturated carbocycles. The number of hydrogen-bond acceptors (Lipinski definition) is 6. The van der Waals surface area contributed by atoms with Crippen molar-refractivity contribution in [3.63, 3.8) is 0 Å². The van der Waals surface area contributed by atoms with E-state index in [0.717, 1.165) is 69.6 Å². The SMILES string of the molecule is CCCCCCCCCCCCCCCCCCC(=O)OC[C@H](COC(=O)CCCCCCCCCCCCC(C)C)OC(=O)CCCCCCCCCCC(C)C. The van der Waals surface area contributed by atoms with E-state index in [1.165, 1.54) is 173 Å². The normalized spacial score (nSPS) is 12.1. The highest BCUT2D eigenvalue weighted by molar-refractivity contribution is 5.71. The van der Waals surface area contributed by atoms with Crippen LogP contribution in [0.5, 0.6) is 0 Å². The monoisotopic (exact) mass is 821 g/mol. The summed E-state index contributed by atoms with van der Waals surface area (Å²) in [7, 11) is 0. The lowest BCUT2D eigenvalue weighted by atomic mass is 10.0. The average Bonchev–Trinajstić information content (AvgIpc) is 3.19. The predicted molar refractivity (Wildman–Crippen MR) is 247 cm³/mol.